The highest BCUT2D eigenvalue weighted by Gasteiger charge is 2.20. The number of nitrogens with two attached hydrogens (primary N) is 1. The van der Waals surface area contributed by atoms with E-state index in [1.165, 1.54) is 11.1 Å². The second-order valence-electron chi connectivity index (χ2n) is 5.20. The van der Waals surface area contributed by atoms with Gasteiger partial charge in [-0.3, -0.25) is 0 Å². The number of anilines is 1. The number of rotatable bonds is 3. The predicted octanol–water partition coefficient (Wildman–Crippen LogP) is 1.89. The molecule has 0 bridgehead atoms. The smallest absolute Gasteiger partial charge is 0.225 e. The summed E-state index contributed by atoms with van der Waals surface area (Å²) in [7, 11) is 0. The molecule has 3 rings (SSSR count). The van der Waals surface area contributed by atoms with E-state index in [0.29, 0.717) is 0 Å². The summed E-state index contributed by atoms with van der Waals surface area (Å²) in [6.07, 6.45) is 4.59. The minimum Gasteiger partial charge on any atom is -0.332 e. The molecule has 2 aromatic rings. The molecular formula is C15H18N4. The lowest BCUT2D eigenvalue weighted by Crippen LogP contribution is -2.20. The third kappa shape index (κ3) is 2.58. The van der Waals surface area contributed by atoms with Crippen LogP contribution in [-0.4, -0.2) is 16.0 Å². The van der Waals surface area contributed by atoms with Crippen molar-refractivity contribution < 1.29 is 0 Å². The van der Waals surface area contributed by atoms with Crippen molar-refractivity contribution in [3.05, 3.63) is 53.3 Å². The van der Waals surface area contributed by atoms with Gasteiger partial charge in [0.25, 0.3) is 0 Å². The third-order valence-electron chi connectivity index (χ3n) is 3.37. The van der Waals surface area contributed by atoms with Gasteiger partial charge < -0.3 is 10.6 Å². The van der Waals surface area contributed by atoms with Gasteiger partial charge in [0.15, 0.2) is 0 Å². The fourth-order valence-electron chi connectivity index (χ4n) is 2.46. The molecular weight excluding hydrogens is 236 g/mol. The van der Waals surface area contributed by atoms with Crippen LogP contribution < -0.4 is 10.6 Å². The molecule has 0 spiro atoms. The Morgan fingerprint density at radius 2 is 1.74 bits per heavy atom. The van der Waals surface area contributed by atoms with Crippen molar-refractivity contribution >= 4 is 5.95 Å². The second kappa shape index (κ2) is 4.97. The zero-order chi connectivity index (χ0) is 13.2. The van der Waals surface area contributed by atoms with Crippen molar-refractivity contribution in [1.82, 2.24) is 9.97 Å². The van der Waals surface area contributed by atoms with E-state index in [-0.39, 0.29) is 6.04 Å². The molecule has 1 aliphatic rings. The first kappa shape index (κ1) is 12.1. The highest BCUT2D eigenvalue weighted by Crippen LogP contribution is 2.25. The van der Waals surface area contributed by atoms with Crippen molar-refractivity contribution in [3.8, 4) is 0 Å². The highest BCUT2D eigenvalue weighted by atomic mass is 15.3. The first-order valence-corrected chi connectivity index (χ1v) is 6.60. The first-order valence-electron chi connectivity index (χ1n) is 6.60. The van der Waals surface area contributed by atoms with Gasteiger partial charge in [-0.05, 0) is 30.0 Å². The Kier molecular flexibility index (Phi) is 3.17. The fraction of sp³-hybridized carbons (Fsp3) is 0.333. The number of fused-ring (bicyclic) bond motifs is 1. The van der Waals surface area contributed by atoms with E-state index in [9.17, 15) is 0 Å². The van der Waals surface area contributed by atoms with Gasteiger partial charge in [-0.25, -0.2) is 9.97 Å². The maximum absolute atomic E-state index is 5.78. The van der Waals surface area contributed by atoms with E-state index in [2.05, 4.69) is 39.1 Å². The molecule has 1 atom stereocenters. The highest BCUT2D eigenvalue weighted by molar-refractivity contribution is 5.43. The summed E-state index contributed by atoms with van der Waals surface area (Å²) < 4.78 is 0. The van der Waals surface area contributed by atoms with Crippen LogP contribution in [0, 0.1) is 0 Å². The van der Waals surface area contributed by atoms with Crippen molar-refractivity contribution in [1.29, 1.82) is 0 Å². The summed E-state index contributed by atoms with van der Waals surface area (Å²) in [4.78, 5) is 11.1. The molecule has 2 N–H and O–H groups in total. The van der Waals surface area contributed by atoms with Gasteiger partial charge in [0.2, 0.25) is 5.95 Å². The van der Waals surface area contributed by atoms with Gasteiger partial charge in [-0.1, -0.05) is 24.3 Å². The molecule has 4 heteroatoms. The Morgan fingerprint density at radius 3 is 2.26 bits per heavy atom. The van der Waals surface area contributed by atoms with Crippen LogP contribution in [0.3, 0.4) is 0 Å². The molecule has 1 aromatic carbocycles. The van der Waals surface area contributed by atoms with Gasteiger partial charge in [0, 0.05) is 31.5 Å². The first-order chi connectivity index (χ1) is 9.22. The second-order valence-corrected chi connectivity index (χ2v) is 5.20. The summed E-state index contributed by atoms with van der Waals surface area (Å²) in [5.41, 5.74) is 9.60. The lowest BCUT2D eigenvalue weighted by Gasteiger charge is -2.15. The van der Waals surface area contributed by atoms with Crippen LogP contribution in [0.2, 0.25) is 0 Å². The van der Waals surface area contributed by atoms with E-state index in [0.717, 1.165) is 31.0 Å². The SMILES string of the molecule is CC(N)Cc1cnc(N2Cc3ccccc3C2)nc1. The Labute approximate surface area is 113 Å². The molecule has 0 saturated carbocycles. The van der Waals surface area contributed by atoms with Crippen LogP contribution in [0.5, 0.6) is 0 Å². The maximum Gasteiger partial charge on any atom is 0.225 e. The summed E-state index contributed by atoms with van der Waals surface area (Å²) >= 11 is 0. The topological polar surface area (TPSA) is 55.0 Å². The fourth-order valence-corrected chi connectivity index (χ4v) is 2.46. The quantitative estimate of drug-likeness (QED) is 0.908. The molecule has 2 heterocycles. The van der Waals surface area contributed by atoms with Crippen LogP contribution in [0.25, 0.3) is 0 Å². The molecule has 19 heavy (non-hydrogen) atoms. The number of benzene rings is 1. The van der Waals surface area contributed by atoms with Crippen molar-refractivity contribution in [3.63, 3.8) is 0 Å². The van der Waals surface area contributed by atoms with Crippen molar-refractivity contribution in [2.45, 2.75) is 32.5 Å². The van der Waals surface area contributed by atoms with E-state index in [4.69, 9.17) is 5.73 Å². The Bertz CT molecular complexity index is 538. The summed E-state index contributed by atoms with van der Waals surface area (Å²) in [6.45, 7) is 3.77. The molecule has 0 saturated heterocycles. The molecule has 0 radical (unpaired) electrons. The van der Waals surface area contributed by atoms with Crippen molar-refractivity contribution in [2.75, 3.05) is 4.90 Å². The normalized spacial score (nSPS) is 15.4. The standard InChI is InChI=1S/C15H18N4/c1-11(16)6-12-7-17-15(18-8-12)19-9-13-4-2-3-5-14(13)10-19/h2-5,7-8,11H,6,9-10,16H2,1H3. The van der Waals surface area contributed by atoms with Gasteiger partial charge in [0.05, 0.1) is 0 Å². The Hall–Kier alpha value is -1.94. The zero-order valence-electron chi connectivity index (χ0n) is 11.1. The van der Waals surface area contributed by atoms with E-state index < -0.39 is 0 Å². The molecule has 4 nitrogen and oxygen atoms in total. The monoisotopic (exact) mass is 254 g/mol. The summed E-state index contributed by atoms with van der Waals surface area (Å²) in [5.74, 6) is 0.796. The lowest BCUT2D eigenvalue weighted by atomic mass is 10.1. The molecule has 0 amide bonds. The Balaban J connectivity index is 1.75. The summed E-state index contributed by atoms with van der Waals surface area (Å²) in [5, 5.41) is 0. The summed E-state index contributed by atoms with van der Waals surface area (Å²) in [6, 6.07) is 8.63. The van der Waals surface area contributed by atoms with Crippen LogP contribution >= 0.6 is 0 Å². The Morgan fingerprint density at radius 1 is 1.16 bits per heavy atom. The van der Waals surface area contributed by atoms with E-state index >= 15 is 0 Å². The molecule has 0 fully saturated rings. The van der Waals surface area contributed by atoms with Crippen LogP contribution in [0.1, 0.15) is 23.6 Å². The number of hydrogen-bond donors (Lipinski definition) is 1. The minimum absolute atomic E-state index is 0.144. The molecule has 0 aliphatic carbocycles. The minimum atomic E-state index is 0.144. The molecule has 1 unspecified atom stereocenters. The van der Waals surface area contributed by atoms with Crippen LogP contribution in [-0.2, 0) is 19.5 Å². The van der Waals surface area contributed by atoms with Gasteiger partial charge in [0.1, 0.15) is 0 Å². The number of nitrogens with zero attached hydrogens (tertiary/aromatic N) is 3. The number of aromatic nitrogens is 2. The van der Waals surface area contributed by atoms with E-state index in [1.807, 2.05) is 19.3 Å². The number of hydrogen-bond acceptors (Lipinski definition) is 4. The van der Waals surface area contributed by atoms with Crippen molar-refractivity contribution in [2.24, 2.45) is 5.73 Å². The maximum atomic E-state index is 5.78. The van der Waals surface area contributed by atoms with Gasteiger partial charge in [-0.2, -0.15) is 0 Å². The molecule has 1 aromatic heterocycles. The average molecular weight is 254 g/mol. The largest absolute Gasteiger partial charge is 0.332 e. The molecule has 98 valence electrons. The van der Waals surface area contributed by atoms with Crippen LogP contribution in [0.4, 0.5) is 5.95 Å². The van der Waals surface area contributed by atoms with Gasteiger partial charge >= 0.3 is 0 Å². The van der Waals surface area contributed by atoms with Crippen LogP contribution in [0.15, 0.2) is 36.7 Å². The lowest BCUT2D eigenvalue weighted by molar-refractivity contribution is 0.729. The zero-order valence-corrected chi connectivity index (χ0v) is 11.1. The van der Waals surface area contributed by atoms with Gasteiger partial charge in [-0.15, -0.1) is 0 Å². The average Bonchev–Trinajstić information content (AvgIpc) is 2.82. The molecule has 1 aliphatic heterocycles. The predicted molar refractivity (Wildman–Crippen MR) is 75.7 cm³/mol. The van der Waals surface area contributed by atoms with E-state index in [1.54, 1.807) is 0 Å². The third-order valence-corrected chi connectivity index (χ3v) is 3.37.